The van der Waals surface area contributed by atoms with Crippen LogP contribution in [0.5, 0.6) is 0 Å². The second-order valence-corrected chi connectivity index (χ2v) is 6.28. The minimum Gasteiger partial charge on any atom is -0.337 e. The molecular formula is C15H28N4. The van der Waals surface area contributed by atoms with Gasteiger partial charge in [-0.15, -0.1) is 0 Å². The fourth-order valence-electron chi connectivity index (χ4n) is 3.64. The monoisotopic (exact) mass is 264 g/mol. The largest absolute Gasteiger partial charge is 0.337 e. The lowest BCUT2D eigenvalue weighted by Crippen LogP contribution is -2.59. The van der Waals surface area contributed by atoms with Gasteiger partial charge in [0.25, 0.3) is 0 Å². The molecule has 1 heterocycles. The lowest BCUT2D eigenvalue weighted by molar-refractivity contribution is -0.000467. The first-order chi connectivity index (χ1) is 9.01. The van der Waals surface area contributed by atoms with Gasteiger partial charge in [-0.3, -0.25) is 4.90 Å². The lowest BCUT2D eigenvalue weighted by Gasteiger charge is -2.51. The van der Waals surface area contributed by atoms with Crippen molar-refractivity contribution in [2.75, 3.05) is 13.6 Å². The maximum atomic E-state index is 6.19. The standard InChI is InChI=1S/C15H28N4/c1-12-6-5-7-15(11-16,13(12)2)19(4)10-14-17-8-9-18(14)3/h8-9,12-13H,5-7,10-11,16H2,1-4H3. The summed E-state index contributed by atoms with van der Waals surface area (Å²) in [6, 6.07) is 0. The summed E-state index contributed by atoms with van der Waals surface area (Å²) in [5, 5.41) is 0. The SMILES string of the molecule is CC1CCCC(CN)(N(C)Cc2nccn2C)C1C. The van der Waals surface area contributed by atoms with Gasteiger partial charge in [0.15, 0.2) is 0 Å². The minimum atomic E-state index is 0.129. The van der Waals surface area contributed by atoms with Crippen molar-refractivity contribution in [3.05, 3.63) is 18.2 Å². The van der Waals surface area contributed by atoms with E-state index in [1.165, 1.54) is 19.3 Å². The van der Waals surface area contributed by atoms with Crippen LogP contribution in [0.3, 0.4) is 0 Å². The summed E-state index contributed by atoms with van der Waals surface area (Å²) in [5.74, 6) is 2.50. The minimum absolute atomic E-state index is 0.129. The Balaban J connectivity index is 2.18. The quantitative estimate of drug-likeness (QED) is 0.905. The number of nitrogens with zero attached hydrogens (tertiary/aromatic N) is 3. The van der Waals surface area contributed by atoms with E-state index in [1.54, 1.807) is 0 Å². The third-order valence-corrected chi connectivity index (χ3v) is 5.38. The molecule has 1 fully saturated rings. The first-order valence-corrected chi connectivity index (χ1v) is 7.39. The van der Waals surface area contributed by atoms with Crippen molar-refractivity contribution in [1.29, 1.82) is 0 Å². The van der Waals surface area contributed by atoms with E-state index in [2.05, 4.69) is 42.4 Å². The van der Waals surface area contributed by atoms with E-state index in [-0.39, 0.29) is 5.54 Å². The van der Waals surface area contributed by atoms with E-state index in [0.29, 0.717) is 5.92 Å². The molecule has 0 aromatic carbocycles. The maximum absolute atomic E-state index is 6.19. The van der Waals surface area contributed by atoms with Crippen LogP contribution < -0.4 is 5.73 Å². The molecule has 1 saturated carbocycles. The van der Waals surface area contributed by atoms with Gasteiger partial charge in [-0.2, -0.15) is 0 Å². The van der Waals surface area contributed by atoms with Crippen LogP contribution in [-0.4, -0.2) is 33.6 Å². The van der Waals surface area contributed by atoms with Crippen molar-refractivity contribution in [3.8, 4) is 0 Å². The third kappa shape index (κ3) is 2.56. The molecule has 0 saturated heterocycles. The van der Waals surface area contributed by atoms with Crippen molar-refractivity contribution < 1.29 is 0 Å². The number of aromatic nitrogens is 2. The van der Waals surface area contributed by atoms with Crippen LogP contribution in [0.1, 0.15) is 38.9 Å². The number of imidazole rings is 1. The van der Waals surface area contributed by atoms with Crippen LogP contribution in [0, 0.1) is 11.8 Å². The first-order valence-electron chi connectivity index (χ1n) is 7.39. The summed E-state index contributed by atoms with van der Waals surface area (Å²) < 4.78 is 2.09. The van der Waals surface area contributed by atoms with Gasteiger partial charge < -0.3 is 10.3 Å². The Bertz CT molecular complexity index is 414. The van der Waals surface area contributed by atoms with E-state index in [1.807, 2.05) is 12.4 Å². The van der Waals surface area contributed by atoms with Crippen LogP contribution in [-0.2, 0) is 13.6 Å². The van der Waals surface area contributed by atoms with Crippen LogP contribution in [0.25, 0.3) is 0 Å². The topological polar surface area (TPSA) is 47.1 Å². The third-order valence-electron chi connectivity index (χ3n) is 5.38. The molecule has 19 heavy (non-hydrogen) atoms. The van der Waals surface area contributed by atoms with Crippen molar-refractivity contribution >= 4 is 0 Å². The van der Waals surface area contributed by atoms with Crippen LogP contribution in [0.4, 0.5) is 0 Å². The average Bonchev–Trinajstić information content (AvgIpc) is 2.79. The highest BCUT2D eigenvalue weighted by Crippen LogP contribution is 2.41. The summed E-state index contributed by atoms with van der Waals surface area (Å²) in [5.41, 5.74) is 6.32. The highest BCUT2D eigenvalue weighted by atomic mass is 15.2. The fourth-order valence-corrected chi connectivity index (χ4v) is 3.64. The van der Waals surface area contributed by atoms with E-state index in [9.17, 15) is 0 Å². The molecule has 1 aromatic rings. The van der Waals surface area contributed by atoms with Crippen molar-refractivity contribution in [1.82, 2.24) is 14.5 Å². The molecule has 2 rings (SSSR count). The summed E-state index contributed by atoms with van der Waals surface area (Å²) in [7, 11) is 4.26. The molecule has 4 nitrogen and oxygen atoms in total. The molecule has 0 bridgehead atoms. The lowest BCUT2D eigenvalue weighted by atomic mass is 9.67. The molecule has 1 aromatic heterocycles. The summed E-state index contributed by atoms with van der Waals surface area (Å²) >= 11 is 0. The average molecular weight is 264 g/mol. The predicted molar refractivity (Wildman–Crippen MR) is 78.6 cm³/mol. The molecule has 0 radical (unpaired) electrons. The molecule has 108 valence electrons. The highest BCUT2D eigenvalue weighted by Gasteiger charge is 2.43. The van der Waals surface area contributed by atoms with Gasteiger partial charge in [-0.05, 0) is 25.3 Å². The van der Waals surface area contributed by atoms with Crippen molar-refractivity contribution in [3.63, 3.8) is 0 Å². The van der Waals surface area contributed by atoms with Gasteiger partial charge in [0, 0.05) is 31.5 Å². The Labute approximate surface area is 117 Å². The first kappa shape index (κ1) is 14.5. The van der Waals surface area contributed by atoms with Gasteiger partial charge in [0.1, 0.15) is 5.82 Å². The molecule has 4 heteroatoms. The maximum Gasteiger partial charge on any atom is 0.122 e. The fraction of sp³-hybridized carbons (Fsp3) is 0.800. The molecular weight excluding hydrogens is 236 g/mol. The van der Waals surface area contributed by atoms with E-state index < -0.39 is 0 Å². The number of nitrogens with two attached hydrogens (primary N) is 1. The number of rotatable bonds is 4. The van der Waals surface area contributed by atoms with E-state index in [0.717, 1.165) is 24.8 Å². The van der Waals surface area contributed by atoms with Gasteiger partial charge in [0.2, 0.25) is 0 Å². The Morgan fingerprint density at radius 2 is 2.26 bits per heavy atom. The Morgan fingerprint density at radius 3 is 2.84 bits per heavy atom. The molecule has 2 N–H and O–H groups in total. The van der Waals surface area contributed by atoms with Crippen molar-refractivity contribution in [2.24, 2.45) is 24.6 Å². The molecule has 3 atom stereocenters. The summed E-state index contributed by atoms with van der Waals surface area (Å²) in [6.45, 7) is 6.34. The van der Waals surface area contributed by atoms with Crippen LogP contribution in [0.15, 0.2) is 12.4 Å². The van der Waals surface area contributed by atoms with Gasteiger partial charge in [0.05, 0.1) is 6.54 Å². The smallest absolute Gasteiger partial charge is 0.122 e. The normalized spacial score (nSPS) is 31.9. The summed E-state index contributed by atoms with van der Waals surface area (Å²) in [4.78, 5) is 6.88. The van der Waals surface area contributed by atoms with E-state index in [4.69, 9.17) is 5.73 Å². The van der Waals surface area contributed by atoms with Crippen LogP contribution in [0.2, 0.25) is 0 Å². The molecule has 3 unspecified atom stereocenters. The molecule has 0 amide bonds. The Morgan fingerprint density at radius 1 is 1.53 bits per heavy atom. The zero-order valence-corrected chi connectivity index (χ0v) is 12.8. The number of hydrogen-bond donors (Lipinski definition) is 1. The van der Waals surface area contributed by atoms with Gasteiger partial charge in [-0.25, -0.2) is 4.98 Å². The molecule has 0 aliphatic heterocycles. The zero-order valence-electron chi connectivity index (χ0n) is 12.8. The second-order valence-electron chi connectivity index (χ2n) is 6.28. The highest BCUT2D eigenvalue weighted by molar-refractivity contribution is 5.01. The van der Waals surface area contributed by atoms with E-state index >= 15 is 0 Å². The van der Waals surface area contributed by atoms with Crippen molar-refractivity contribution in [2.45, 2.75) is 45.2 Å². The molecule has 1 aliphatic carbocycles. The molecule has 1 aliphatic rings. The number of hydrogen-bond acceptors (Lipinski definition) is 3. The zero-order chi connectivity index (χ0) is 14.0. The van der Waals surface area contributed by atoms with Gasteiger partial charge >= 0.3 is 0 Å². The van der Waals surface area contributed by atoms with Gasteiger partial charge in [-0.1, -0.05) is 26.7 Å². The molecule has 0 spiro atoms. The Hall–Kier alpha value is -0.870. The van der Waals surface area contributed by atoms with Crippen LogP contribution >= 0.6 is 0 Å². The second kappa shape index (κ2) is 5.63. The summed E-state index contributed by atoms with van der Waals surface area (Å²) in [6.07, 6.45) is 7.69. The predicted octanol–water partition coefficient (Wildman–Crippen LogP) is 2.01. The number of likely N-dealkylation sites (N-methyl/N-ethyl adjacent to an activating group) is 1. The number of aryl methyl sites for hydroxylation is 1. The Kier molecular flexibility index (Phi) is 4.31.